The molecule has 3 aromatic rings. The Labute approximate surface area is 128 Å². The molecule has 3 rings (SSSR count). The van der Waals surface area contributed by atoms with Crippen molar-refractivity contribution in [1.29, 1.82) is 0 Å². The van der Waals surface area contributed by atoms with Crippen LogP contribution in [0.4, 0.5) is 14.6 Å². The van der Waals surface area contributed by atoms with Crippen molar-refractivity contribution in [2.24, 2.45) is 0 Å². The molecule has 0 aliphatic rings. The molecule has 0 bridgehead atoms. The summed E-state index contributed by atoms with van der Waals surface area (Å²) in [5, 5.41) is 2.89. The van der Waals surface area contributed by atoms with Crippen molar-refractivity contribution in [1.82, 2.24) is 9.97 Å². The molecule has 0 aliphatic carbocycles. The number of pyridine rings is 1. The van der Waals surface area contributed by atoms with Gasteiger partial charge in [0.2, 0.25) is 0 Å². The molecular weight excluding hydrogens is 312 g/mol. The lowest BCUT2D eigenvalue weighted by molar-refractivity contribution is 0.551. The predicted octanol–water partition coefficient (Wildman–Crippen LogP) is 4.55. The molecule has 0 radical (unpaired) electrons. The first-order valence-corrected chi connectivity index (χ1v) is 7.94. The number of fused-ring (bicyclic) bond motifs is 1. The second-order valence-electron chi connectivity index (χ2n) is 4.19. The van der Waals surface area contributed by atoms with Crippen molar-refractivity contribution >= 4 is 39.1 Å². The van der Waals surface area contributed by atoms with Gasteiger partial charge in [0.25, 0.3) is 0 Å². The normalized spacial score (nSPS) is 11.0. The van der Waals surface area contributed by atoms with Crippen molar-refractivity contribution in [2.75, 3.05) is 11.9 Å². The van der Waals surface area contributed by atoms with E-state index in [1.165, 1.54) is 11.3 Å². The van der Waals surface area contributed by atoms with Crippen LogP contribution in [0.3, 0.4) is 0 Å². The lowest BCUT2D eigenvalue weighted by atomic mass is 10.3. The summed E-state index contributed by atoms with van der Waals surface area (Å²) in [7, 11) is 0. The van der Waals surface area contributed by atoms with Gasteiger partial charge in [0.15, 0.2) is 21.8 Å². The highest BCUT2D eigenvalue weighted by Crippen LogP contribution is 2.35. The van der Waals surface area contributed by atoms with E-state index >= 15 is 0 Å². The van der Waals surface area contributed by atoms with Gasteiger partial charge in [0, 0.05) is 12.6 Å². The molecule has 2 aromatic heterocycles. The largest absolute Gasteiger partial charge is 0.368 e. The van der Waals surface area contributed by atoms with Gasteiger partial charge in [0.05, 0.1) is 10.2 Å². The molecule has 0 unspecified atom stereocenters. The van der Waals surface area contributed by atoms with Crippen LogP contribution >= 0.6 is 23.1 Å². The number of hydrogen-bond donors (Lipinski definition) is 1. The lowest BCUT2D eigenvalue weighted by Crippen LogP contribution is -2.04. The van der Waals surface area contributed by atoms with Crippen LogP contribution in [0.5, 0.6) is 0 Å². The zero-order chi connectivity index (χ0) is 14.8. The average molecular weight is 323 g/mol. The fraction of sp³-hybridized carbons (Fsp3) is 0.143. The number of anilines is 1. The summed E-state index contributed by atoms with van der Waals surface area (Å²) in [6.45, 7) is 2.34. The summed E-state index contributed by atoms with van der Waals surface area (Å²) in [5.41, 5.74) is 0.861. The van der Waals surface area contributed by atoms with Gasteiger partial charge >= 0.3 is 0 Å². The van der Waals surface area contributed by atoms with Crippen molar-refractivity contribution in [3.8, 4) is 0 Å². The summed E-state index contributed by atoms with van der Waals surface area (Å²) >= 11 is 2.56. The standard InChI is InChI=1S/C14H11F2N3S2/c1-2-17-12-8(15)7-9(16)13(19-12)21-14-18-10-5-3-4-6-11(10)20-14/h3-7H,2H2,1H3,(H,17,19). The zero-order valence-corrected chi connectivity index (χ0v) is 12.7. The number of hydrogen-bond acceptors (Lipinski definition) is 5. The Balaban J connectivity index is 1.94. The average Bonchev–Trinajstić information content (AvgIpc) is 2.86. The highest BCUT2D eigenvalue weighted by Gasteiger charge is 2.14. The Morgan fingerprint density at radius 3 is 2.76 bits per heavy atom. The van der Waals surface area contributed by atoms with Crippen LogP contribution in [0.2, 0.25) is 0 Å². The van der Waals surface area contributed by atoms with Gasteiger partial charge in [-0.15, -0.1) is 11.3 Å². The first-order chi connectivity index (χ1) is 10.2. The van der Waals surface area contributed by atoms with Crippen LogP contribution < -0.4 is 5.32 Å². The van der Waals surface area contributed by atoms with Crippen LogP contribution in [-0.4, -0.2) is 16.5 Å². The Morgan fingerprint density at radius 2 is 2.00 bits per heavy atom. The Hall–Kier alpha value is -1.73. The summed E-state index contributed by atoms with van der Waals surface area (Å²) < 4.78 is 29.1. The molecule has 21 heavy (non-hydrogen) atoms. The summed E-state index contributed by atoms with van der Waals surface area (Å²) in [6, 6.07) is 8.52. The quantitative estimate of drug-likeness (QED) is 0.764. The van der Waals surface area contributed by atoms with E-state index in [0.29, 0.717) is 10.9 Å². The van der Waals surface area contributed by atoms with Crippen molar-refractivity contribution in [2.45, 2.75) is 16.3 Å². The van der Waals surface area contributed by atoms with E-state index in [2.05, 4.69) is 15.3 Å². The Bertz CT molecular complexity index is 756. The van der Waals surface area contributed by atoms with E-state index in [1.807, 2.05) is 31.2 Å². The van der Waals surface area contributed by atoms with Crippen LogP contribution in [-0.2, 0) is 0 Å². The molecule has 0 spiro atoms. The third-order valence-electron chi connectivity index (χ3n) is 2.70. The highest BCUT2D eigenvalue weighted by atomic mass is 32.2. The minimum atomic E-state index is -0.692. The van der Waals surface area contributed by atoms with E-state index in [9.17, 15) is 8.78 Å². The number of thiazole rings is 1. The number of nitrogens with one attached hydrogen (secondary N) is 1. The maximum absolute atomic E-state index is 13.8. The fourth-order valence-corrected chi connectivity index (χ4v) is 3.76. The maximum atomic E-state index is 13.8. The van der Waals surface area contributed by atoms with Gasteiger partial charge < -0.3 is 5.32 Å². The van der Waals surface area contributed by atoms with Crippen LogP contribution in [0, 0.1) is 11.6 Å². The van der Waals surface area contributed by atoms with E-state index in [-0.39, 0.29) is 10.8 Å². The van der Waals surface area contributed by atoms with Gasteiger partial charge in [-0.1, -0.05) is 12.1 Å². The van der Waals surface area contributed by atoms with Gasteiger partial charge in [0.1, 0.15) is 5.03 Å². The van der Waals surface area contributed by atoms with Crippen molar-refractivity contribution in [3.63, 3.8) is 0 Å². The van der Waals surface area contributed by atoms with E-state index in [1.54, 1.807) is 0 Å². The highest BCUT2D eigenvalue weighted by molar-refractivity contribution is 8.01. The SMILES string of the molecule is CCNc1nc(Sc2nc3ccccc3s2)c(F)cc1F. The maximum Gasteiger partial charge on any atom is 0.168 e. The van der Waals surface area contributed by atoms with Crippen molar-refractivity contribution in [3.05, 3.63) is 42.0 Å². The molecule has 0 saturated carbocycles. The van der Waals surface area contributed by atoms with Crippen LogP contribution in [0.1, 0.15) is 6.92 Å². The van der Waals surface area contributed by atoms with E-state index < -0.39 is 11.6 Å². The Kier molecular flexibility index (Phi) is 4.03. The van der Waals surface area contributed by atoms with E-state index in [0.717, 1.165) is 28.0 Å². The first kappa shape index (κ1) is 14.2. The molecular formula is C14H11F2N3S2. The van der Waals surface area contributed by atoms with Crippen LogP contribution in [0.15, 0.2) is 39.7 Å². The molecule has 2 heterocycles. The molecule has 0 fully saturated rings. The molecule has 1 aromatic carbocycles. The molecule has 7 heteroatoms. The van der Waals surface area contributed by atoms with Gasteiger partial charge in [-0.05, 0) is 30.8 Å². The molecule has 0 amide bonds. The van der Waals surface area contributed by atoms with Gasteiger partial charge in [-0.3, -0.25) is 0 Å². The summed E-state index contributed by atoms with van der Waals surface area (Å²) in [6.07, 6.45) is 0. The van der Waals surface area contributed by atoms with Crippen molar-refractivity contribution < 1.29 is 8.78 Å². The predicted molar refractivity (Wildman–Crippen MR) is 82.1 cm³/mol. The van der Waals surface area contributed by atoms with Gasteiger partial charge in [-0.2, -0.15) is 0 Å². The topological polar surface area (TPSA) is 37.8 Å². The number of halogens is 2. The minimum absolute atomic E-state index is 0.0579. The summed E-state index contributed by atoms with van der Waals surface area (Å²) in [5.74, 6) is -1.32. The second-order valence-corrected chi connectivity index (χ2v) is 6.45. The third-order valence-corrected chi connectivity index (χ3v) is 4.78. The third kappa shape index (κ3) is 2.98. The lowest BCUT2D eigenvalue weighted by Gasteiger charge is -2.06. The fourth-order valence-electron chi connectivity index (χ4n) is 1.79. The molecule has 3 nitrogen and oxygen atoms in total. The van der Waals surface area contributed by atoms with Gasteiger partial charge in [-0.25, -0.2) is 18.7 Å². The number of benzene rings is 1. The monoisotopic (exact) mass is 323 g/mol. The smallest absolute Gasteiger partial charge is 0.168 e. The molecule has 108 valence electrons. The number of aromatic nitrogens is 2. The minimum Gasteiger partial charge on any atom is -0.368 e. The zero-order valence-electron chi connectivity index (χ0n) is 11.1. The summed E-state index contributed by atoms with van der Waals surface area (Å²) in [4.78, 5) is 8.40. The number of nitrogens with zero attached hydrogens (tertiary/aromatic N) is 2. The molecule has 0 saturated heterocycles. The molecule has 0 aliphatic heterocycles. The van der Waals surface area contributed by atoms with E-state index in [4.69, 9.17) is 0 Å². The number of para-hydroxylation sites is 1. The Morgan fingerprint density at radius 1 is 1.19 bits per heavy atom. The van der Waals surface area contributed by atoms with Crippen LogP contribution in [0.25, 0.3) is 10.2 Å². The molecule has 1 N–H and O–H groups in total. The number of rotatable bonds is 4. The second kappa shape index (κ2) is 5.95. The molecule has 0 atom stereocenters. The first-order valence-electron chi connectivity index (χ1n) is 6.30.